The Labute approximate surface area is 154 Å². The molecule has 2 rings (SSSR count). The van der Waals surface area contributed by atoms with Gasteiger partial charge in [-0.15, -0.1) is 11.3 Å². The van der Waals surface area contributed by atoms with Gasteiger partial charge in [0.1, 0.15) is 0 Å². The number of aryl methyl sites for hydroxylation is 2. The lowest BCUT2D eigenvalue weighted by Gasteiger charge is -2.18. The molecule has 116 valence electrons. The van der Waals surface area contributed by atoms with Crippen molar-refractivity contribution in [2.45, 2.75) is 32.7 Å². The van der Waals surface area contributed by atoms with Crippen LogP contribution >= 0.6 is 59.1 Å². The van der Waals surface area contributed by atoms with E-state index >= 15 is 0 Å². The molecule has 0 aliphatic rings. The second-order valence-electron chi connectivity index (χ2n) is 4.78. The highest BCUT2D eigenvalue weighted by Crippen LogP contribution is 2.37. The van der Waals surface area contributed by atoms with Gasteiger partial charge in [0.25, 0.3) is 0 Å². The Morgan fingerprint density at radius 3 is 2.52 bits per heavy atom. The molecular weight excluding hydrogens is 482 g/mol. The van der Waals surface area contributed by atoms with Crippen LogP contribution in [0.5, 0.6) is 0 Å². The molecule has 1 unspecified atom stereocenters. The molecule has 0 aliphatic heterocycles. The van der Waals surface area contributed by atoms with Crippen molar-refractivity contribution in [2.75, 3.05) is 6.54 Å². The molecule has 0 amide bonds. The lowest BCUT2D eigenvalue weighted by atomic mass is 10.0. The molecule has 1 atom stereocenters. The van der Waals surface area contributed by atoms with Gasteiger partial charge in [0, 0.05) is 19.5 Å². The first kappa shape index (κ1) is 17.7. The molecule has 0 aliphatic carbocycles. The third-order valence-corrected chi connectivity index (χ3v) is 6.71. The summed E-state index contributed by atoms with van der Waals surface area (Å²) >= 11 is 12.7. The maximum atomic E-state index is 4.59. The number of nitrogens with one attached hydrogen (secondary N) is 1. The van der Waals surface area contributed by atoms with Crippen LogP contribution in [-0.4, -0.2) is 16.3 Å². The number of halogens is 3. The highest BCUT2D eigenvalue weighted by atomic mass is 79.9. The molecule has 1 N–H and O–H groups in total. The molecule has 21 heavy (non-hydrogen) atoms. The minimum atomic E-state index is 0.267. The average molecular weight is 500 g/mol. The van der Waals surface area contributed by atoms with Crippen molar-refractivity contribution in [3.05, 3.63) is 35.1 Å². The summed E-state index contributed by atoms with van der Waals surface area (Å²) < 4.78 is 5.45. The van der Waals surface area contributed by atoms with Gasteiger partial charge in [-0.3, -0.25) is 4.68 Å². The Kier molecular flexibility index (Phi) is 6.50. The van der Waals surface area contributed by atoms with Crippen LogP contribution in [0.3, 0.4) is 0 Å². The van der Waals surface area contributed by atoms with E-state index in [1.54, 1.807) is 11.3 Å². The Hall–Kier alpha value is 0.310. The third kappa shape index (κ3) is 3.99. The number of hydrogen-bond donors (Lipinski definition) is 1. The molecule has 0 saturated heterocycles. The zero-order valence-corrected chi connectivity index (χ0v) is 17.8. The summed E-state index contributed by atoms with van der Waals surface area (Å²) in [5, 5.41) is 8.16. The largest absolute Gasteiger partial charge is 0.310 e. The van der Waals surface area contributed by atoms with E-state index in [-0.39, 0.29) is 6.04 Å². The van der Waals surface area contributed by atoms with Crippen LogP contribution in [0.2, 0.25) is 0 Å². The van der Waals surface area contributed by atoms with Crippen LogP contribution in [-0.2, 0) is 19.9 Å². The lowest BCUT2D eigenvalue weighted by molar-refractivity contribution is 0.527. The Bertz CT molecular complexity index is 621. The van der Waals surface area contributed by atoms with E-state index in [1.807, 2.05) is 11.7 Å². The summed E-state index contributed by atoms with van der Waals surface area (Å²) in [7, 11) is 2.01. The first-order chi connectivity index (χ1) is 9.97. The average Bonchev–Trinajstić information content (AvgIpc) is 2.90. The standard InChI is InChI=1S/C14H18Br3N3S/c1-4-9-13(16)11(20(3)19-9)7-10(18-5-2)8-6-12(15)21-14(8)17/h6,10,18H,4-5,7H2,1-3H3. The molecule has 0 saturated carbocycles. The highest BCUT2D eigenvalue weighted by molar-refractivity contribution is 9.12. The fourth-order valence-corrected chi connectivity index (χ4v) is 6.12. The summed E-state index contributed by atoms with van der Waals surface area (Å²) in [4.78, 5) is 0. The van der Waals surface area contributed by atoms with Gasteiger partial charge < -0.3 is 5.32 Å². The van der Waals surface area contributed by atoms with Crippen LogP contribution < -0.4 is 5.32 Å². The minimum Gasteiger partial charge on any atom is -0.310 e. The predicted octanol–water partition coefficient (Wildman–Crippen LogP) is 5.22. The maximum Gasteiger partial charge on any atom is 0.0766 e. The van der Waals surface area contributed by atoms with E-state index in [1.165, 1.54) is 15.0 Å². The number of aromatic nitrogens is 2. The van der Waals surface area contributed by atoms with Crippen molar-refractivity contribution in [2.24, 2.45) is 7.05 Å². The van der Waals surface area contributed by atoms with Gasteiger partial charge in [-0.1, -0.05) is 13.8 Å². The van der Waals surface area contributed by atoms with Crippen molar-refractivity contribution in [3.8, 4) is 0 Å². The number of hydrogen-bond acceptors (Lipinski definition) is 3. The molecule has 3 nitrogen and oxygen atoms in total. The van der Waals surface area contributed by atoms with E-state index in [2.05, 4.69) is 78.1 Å². The topological polar surface area (TPSA) is 29.9 Å². The van der Waals surface area contributed by atoms with Crippen molar-refractivity contribution in [3.63, 3.8) is 0 Å². The second kappa shape index (κ2) is 7.73. The van der Waals surface area contributed by atoms with Crippen LogP contribution in [0, 0.1) is 0 Å². The maximum absolute atomic E-state index is 4.59. The number of thiophene rings is 1. The molecule has 2 aromatic heterocycles. The molecule has 0 spiro atoms. The van der Waals surface area contributed by atoms with E-state index in [4.69, 9.17) is 0 Å². The molecule has 2 aromatic rings. The molecular formula is C14H18Br3N3S. The van der Waals surface area contributed by atoms with Gasteiger partial charge in [-0.2, -0.15) is 5.10 Å². The van der Waals surface area contributed by atoms with E-state index in [0.29, 0.717) is 0 Å². The van der Waals surface area contributed by atoms with Crippen LogP contribution in [0.15, 0.2) is 18.1 Å². The van der Waals surface area contributed by atoms with E-state index in [0.717, 1.165) is 33.3 Å². The molecule has 0 radical (unpaired) electrons. The molecule has 0 bridgehead atoms. The fourth-order valence-electron chi connectivity index (χ4n) is 2.36. The van der Waals surface area contributed by atoms with Crippen molar-refractivity contribution < 1.29 is 0 Å². The summed E-state index contributed by atoms with van der Waals surface area (Å²) in [6.45, 7) is 5.20. The van der Waals surface area contributed by atoms with Gasteiger partial charge in [0.05, 0.1) is 23.4 Å². The van der Waals surface area contributed by atoms with Crippen molar-refractivity contribution >= 4 is 59.1 Å². The summed E-state index contributed by atoms with van der Waals surface area (Å²) in [6.07, 6.45) is 1.84. The Morgan fingerprint density at radius 2 is 2.05 bits per heavy atom. The van der Waals surface area contributed by atoms with E-state index in [9.17, 15) is 0 Å². The summed E-state index contributed by atoms with van der Waals surface area (Å²) in [5.41, 5.74) is 3.64. The zero-order chi connectivity index (χ0) is 15.6. The van der Waals surface area contributed by atoms with Crippen molar-refractivity contribution in [1.82, 2.24) is 15.1 Å². The quantitative estimate of drug-likeness (QED) is 0.590. The number of nitrogens with zero attached hydrogens (tertiary/aromatic N) is 2. The minimum absolute atomic E-state index is 0.267. The van der Waals surface area contributed by atoms with Gasteiger partial charge in [-0.25, -0.2) is 0 Å². The molecule has 7 heteroatoms. The van der Waals surface area contributed by atoms with Gasteiger partial charge in [0.2, 0.25) is 0 Å². The second-order valence-corrected chi connectivity index (χ2v) is 9.32. The number of likely N-dealkylation sites (N-methyl/N-ethyl adjacent to an activating group) is 1. The highest BCUT2D eigenvalue weighted by Gasteiger charge is 2.21. The van der Waals surface area contributed by atoms with Crippen LogP contribution in [0.1, 0.15) is 36.8 Å². The molecule has 0 fully saturated rings. The van der Waals surface area contributed by atoms with Crippen molar-refractivity contribution in [1.29, 1.82) is 0 Å². The first-order valence-corrected chi connectivity index (χ1v) is 10.1. The molecule has 2 heterocycles. The zero-order valence-electron chi connectivity index (χ0n) is 12.2. The lowest BCUT2D eigenvalue weighted by Crippen LogP contribution is -2.24. The fraction of sp³-hybridized carbons (Fsp3) is 0.500. The van der Waals surface area contributed by atoms with Gasteiger partial charge in [-0.05, 0) is 72.4 Å². The van der Waals surface area contributed by atoms with Gasteiger partial charge in [0.15, 0.2) is 0 Å². The summed E-state index contributed by atoms with van der Waals surface area (Å²) in [6, 6.07) is 2.45. The predicted molar refractivity (Wildman–Crippen MR) is 100 cm³/mol. The first-order valence-electron chi connectivity index (χ1n) is 6.86. The normalized spacial score (nSPS) is 12.9. The monoisotopic (exact) mass is 497 g/mol. The smallest absolute Gasteiger partial charge is 0.0766 e. The van der Waals surface area contributed by atoms with E-state index < -0.39 is 0 Å². The Morgan fingerprint density at radius 1 is 1.33 bits per heavy atom. The Balaban J connectivity index is 2.33. The molecule has 0 aromatic carbocycles. The van der Waals surface area contributed by atoms with Crippen LogP contribution in [0.25, 0.3) is 0 Å². The van der Waals surface area contributed by atoms with Gasteiger partial charge >= 0.3 is 0 Å². The number of rotatable bonds is 6. The summed E-state index contributed by atoms with van der Waals surface area (Å²) in [5.74, 6) is 0. The SMILES string of the molecule is CCNC(Cc1c(Br)c(CC)nn1C)c1cc(Br)sc1Br. The third-order valence-electron chi connectivity index (χ3n) is 3.41. The van der Waals surface area contributed by atoms with Crippen LogP contribution in [0.4, 0.5) is 0 Å².